The third-order valence-corrected chi connectivity index (χ3v) is 3.70. The van der Waals surface area contributed by atoms with Crippen LogP contribution < -0.4 is 11.2 Å². The van der Waals surface area contributed by atoms with Gasteiger partial charge in [0, 0.05) is 6.21 Å². The second-order valence-corrected chi connectivity index (χ2v) is 5.82. The van der Waals surface area contributed by atoms with Gasteiger partial charge in [0.05, 0.1) is 0 Å². The molecule has 0 saturated carbocycles. The lowest BCUT2D eigenvalue weighted by molar-refractivity contribution is 0.249. The van der Waals surface area contributed by atoms with Gasteiger partial charge in [-0.15, -0.1) is 0 Å². The number of hydrogen-bond donors (Lipinski definition) is 2. The van der Waals surface area contributed by atoms with Crippen molar-refractivity contribution < 1.29 is 4.79 Å². The summed E-state index contributed by atoms with van der Waals surface area (Å²) in [7, 11) is 0. The maximum Gasteiger partial charge on any atom is 0.332 e. The van der Waals surface area contributed by atoms with Crippen LogP contribution in [-0.2, 0) is 0 Å². The topological polar surface area (TPSA) is 67.5 Å². The van der Waals surface area contributed by atoms with E-state index in [4.69, 9.17) is 5.73 Å². The Morgan fingerprint density at radius 3 is 1.71 bits per heavy atom. The Labute approximate surface area is 130 Å². The molecule has 4 nitrogen and oxygen atoms in total. The number of urea groups is 1. The Kier molecular flexibility index (Phi) is 16.1. The third kappa shape index (κ3) is 18.9. The summed E-state index contributed by atoms with van der Waals surface area (Å²) < 4.78 is 0. The van der Waals surface area contributed by atoms with Crippen molar-refractivity contribution in [1.82, 2.24) is 5.43 Å². The van der Waals surface area contributed by atoms with E-state index in [1.807, 2.05) is 0 Å². The van der Waals surface area contributed by atoms with E-state index in [1.165, 1.54) is 77.0 Å². The van der Waals surface area contributed by atoms with Crippen LogP contribution in [0.2, 0.25) is 0 Å². The van der Waals surface area contributed by atoms with Gasteiger partial charge in [-0.25, -0.2) is 10.2 Å². The molecule has 0 aromatic rings. The minimum atomic E-state index is -0.600. The zero-order chi connectivity index (χ0) is 15.6. The number of hydrazone groups is 1. The molecule has 124 valence electrons. The number of rotatable bonds is 15. The molecular formula is C17H35N3O. The lowest BCUT2D eigenvalue weighted by Gasteiger charge is -2.02. The number of unbranched alkanes of at least 4 members (excludes halogenated alkanes) is 13. The van der Waals surface area contributed by atoms with Crippen LogP contribution in [0.25, 0.3) is 0 Å². The van der Waals surface area contributed by atoms with Crippen molar-refractivity contribution in [2.45, 2.75) is 96.8 Å². The molecular weight excluding hydrogens is 262 g/mol. The summed E-state index contributed by atoms with van der Waals surface area (Å²) in [4.78, 5) is 10.3. The number of amides is 2. The minimum absolute atomic E-state index is 0.600. The van der Waals surface area contributed by atoms with Gasteiger partial charge in [-0.2, -0.15) is 5.10 Å². The number of carbonyl (C=O) groups is 1. The first-order chi connectivity index (χ1) is 10.3. The van der Waals surface area contributed by atoms with Crippen molar-refractivity contribution in [3.63, 3.8) is 0 Å². The van der Waals surface area contributed by atoms with Crippen LogP contribution in [0, 0.1) is 0 Å². The van der Waals surface area contributed by atoms with Crippen molar-refractivity contribution in [3.8, 4) is 0 Å². The maximum atomic E-state index is 10.3. The summed E-state index contributed by atoms with van der Waals surface area (Å²) in [5.74, 6) is 0. The smallest absolute Gasteiger partial charge is 0.332 e. The van der Waals surface area contributed by atoms with E-state index in [9.17, 15) is 4.79 Å². The molecule has 0 aromatic carbocycles. The van der Waals surface area contributed by atoms with Gasteiger partial charge in [0.15, 0.2) is 0 Å². The van der Waals surface area contributed by atoms with Crippen molar-refractivity contribution in [2.75, 3.05) is 0 Å². The van der Waals surface area contributed by atoms with E-state index in [-0.39, 0.29) is 0 Å². The Balaban J connectivity index is 3.02. The number of nitrogens with zero attached hydrogens (tertiary/aromatic N) is 1. The third-order valence-electron chi connectivity index (χ3n) is 3.70. The lowest BCUT2D eigenvalue weighted by atomic mass is 10.0. The van der Waals surface area contributed by atoms with Crippen molar-refractivity contribution in [1.29, 1.82) is 0 Å². The molecule has 0 aromatic heterocycles. The normalized spacial score (nSPS) is 11.1. The average Bonchev–Trinajstić information content (AvgIpc) is 2.46. The van der Waals surface area contributed by atoms with E-state index in [2.05, 4.69) is 17.5 Å². The molecule has 21 heavy (non-hydrogen) atoms. The second-order valence-electron chi connectivity index (χ2n) is 5.82. The molecule has 0 heterocycles. The predicted octanol–water partition coefficient (Wildman–Crippen LogP) is 5.12. The molecule has 0 aliphatic carbocycles. The quantitative estimate of drug-likeness (QED) is 0.246. The van der Waals surface area contributed by atoms with Crippen molar-refractivity contribution in [2.24, 2.45) is 10.8 Å². The maximum absolute atomic E-state index is 10.3. The predicted molar refractivity (Wildman–Crippen MR) is 91.5 cm³/mol. The molecule has 4 heteroatoms. The Morgan fingerprint density at radius 1 is 0.857 bits per heavy atom. The van der Waals surface area contributed by atoms with Crippen LogP contribution in [-0.4, -0.2) is 12.2 Å². The molecule has 0 unspecified atom stereocenters. The van der Waals surface area contributed by atoms with Crippen LogP contribution in [0.5, 0.6) is 0 Å². The Hall–Kier alpha value is -1.06. The summed E-state index contributed by atoms with van der Waals surface area (Å²) in [5, 5.41) is 3.72. The Morgan fingerprint density at radius 2 is 1.29 bits per heavy atom. The van der Waals surface area contributed by atoms with Crippen LogP contribution >= 0.6 is 0 Å². The second kappa shape index (κ2) is 17.0. The SMILES string of the molecule is CCCCCCCCCCCCCCC/C=N/NC(N)=O. The largest absolute Gasteiger partial charge is 0.350 e. The molecule has 3 N–H and O–H groups in total. The molecule has 0 aliphatic rings. The van der Waals surface area contributed by atoms with E-state index in [0.29, 0.717) is 0 Å². The first-order valence-electron chi connectivity index (χ1n) is 8.84. The van der Waals surface area contributed by atoms with Gasteiger partial charge in [-0.1, -0.05) is 84.0 Å². The highest BCUT2D eigenvalue weighted by Crippen LogP contribution is 2.12. The molecule has 2 amide bonds. The van der Waals surface area contributed by atoms with Crippen LogP contribution in [0.3, 0.4) is 0 Å². The number of nitrogens with one attached hydrogen (secondary N) is 1. The fourth-order valence-corrected chi connectivity index (χ4v) is 2.43. The summed E-state index contributed by atoms with van der Waals surface area (Å²) in [6.45, 7) is 2.27. The van der Waals surface area contributed by atoms with Gasteiger partial charge < -0.3 is 5.73 Å². The van der Waals surface area contributed by atoms with Crippen LogP contribution in [0.4, 0.5) is 4.79 Å². The summed E-state index contributed by atoms with van der Waals surface area (Å²) in [6.07, 6.45) is 20.3. The monoisotopic (exact) mass is 297 g/mol. The standard InChI is InChI=1S/C17H35N3O/c1-2-3-4-5-6-7-8-9-10-11-12-13-14-15-16-19-20-17(18)21/h16H,2-15H2,1H3,(H3,18,20,21)/b19-16+. The average molecular weight is 297 g/mol. The fourth-order valence-electron chi connectivity index (χ4n) is 2.43. The van der Waals surface area contributed by atoms with Gasteiger partial charge >= 0.3 is 6.03 Å². The highest BCUT2D eigenvalue weighted by molar-refractivity contribution is 5.72. The van der Waals surface area contributed by atoms with E-state index in [1.54, 1.807) is 6.21 Å². The molecule has 0 saturated heterocycles. The first-order valence-corrected chi connectivity index (χ1v) is 8.84. The zero-order valence-corrected chi connectivity index (χ0v) is 13.9. The van der Waals surface area contributed by atoms with Gasteiger partial charge in [-0.05, 0) is 12.8 Å². The van der Waals surface area contributed by atoms with Gasteiger partial charge in [0.1, 0.15) is 0 Å². The summed E-state index contributed by atoms with van der Waals surface area (Å²) >= 11 is 0. The van der Waals surface area contributed by atoms with E-state index in [0.717, 1.165) is 12.8 Å². The van der Waals surface area contributed by atoms with Crippen molar-refractivity contribution in [3.05, 3.63) is 0 Å². The van der Waals surface area contributed by atoms with Crippen LogP contribution in [0.1, 0.15) is 96.8 Å². The van der Waals surface area contributed by atoms with Gasteiger partial charge in [-0.3, -0.25) is 0 Å². The number of nitrogens with two attached hydrogens (primary N) is 1. The van der Waals surface area contributed by atoms with Gasteiger partial charge in [0.25, 0.3) is 0 Å². The molecule has 0 fully saturated rings. The summed E-state index contributed by atoms with van der Waals surface area (Å²) in [6, 6.07) is -0.600. The highest BCUT2D eigenvalue weighted by atomic mass is 16.2. The molecule has 0 bridgehead atoms. The number of primary amides is 1. The molecule has 0 atom stereocenters. The Bertz CT molecular complexity index is 254. The summed E-state index contributed by atoms with van der Waals surface area (Å²) in [5.41, 5.74) is 7.09. The number of carbonyl (C=O) groups excluding carboxylic acids is 1. The van der Waals surface area contributed by atoms with Crippen LogP contribution in [0.15, 0.2) is 5.10 Å². The fraction of sp³-hybridized carbons (Fsp3) is 0.882. The highest BCUT2D eigenvalue weighted by Gasteiger charge is 1.93. The van der Waals surface area contributed by atoms with E-state index >= 15 is 0 Å². The minimum Gasteiger partial charge on any atom is -0.350 e. The molecule has 0 aliphatic heterocycles. The molecule has 0 radical (unpaired) electrons. The van der Waals surface area contributed by atoms with Gasteiger partial charge in [0.2, 0.25) is 0 Å². The lowest BCUT2D eigenvalue weighted by Crippen LogP contribution is -2.24. The van der Waals surface area contributed by atoms with Crippen molar-refractivity contribution >= 4 is 12.2 Å². The molecule has 0 rings (SSSR count). The number of hydrogen-bond acceptors (Lipinski definition) is 2. The first kappa shape index (κ1) is 19.9. The molecule has 0 spiro atoms. The van der Waals surface area contributed by atoms with E-state index < -0.39 is 6.03 Å². The zero-order valence-electron chi connectivity index (χ0n) is 13.9.